The highest BCUT2D eigenvalue weighted by atomic mass is 19.1. The van der Waals surface area contributed by atoms with Crippen LogP contribution in [0.2, 0.25) is 0 Å². The predicted molar refractivity (Wildman–Crippen MR) is 74.3 cm³/mol. The molecule has 104 valence electrons. The van der Waals surface area contributed by atoms with Crippen LogP contribution in [0.25, 0.3) is 0 Å². The first-order chi connectivity index (χ1) is 9.19. The molecule has 0 aromatic heterocycles. The maximum atomic E-state index is 13.8. The smallest absolute Gasteiger partial charge is 0.167 e. The molecule has 2 atom stereocenters. The number of piperazine rings is 1. The molecule has 0 amide bonds. The van der Waals surface area contributed by atoms with Crippen molar-refractivity contribution in [2.75, 3.05) is 25.1 Å². The van der Waals surface area contributed by atoms with Gasteiger partial charge in [-0.3, -0.25) is 0 Å². The van der Waals surface area contributed by atoms with Crippen LogP contribution in [0.15, 0.2) is 18.2 Å². The van der Waals surface area contributed by atoms with Gasteiger partial charge in [0.2, 0.25) is 0 Å². The van der Waals surface area contributed by atoms with E-state index in [9.17, 15) is 4.39 Å². The van der Waals surface area contributed by atoms with Gasteiger partial charge in [-0.2, -0.15) is 0 Å². The van der Waals surface area contributed by atoms with E-state index in [1.54, 1.807) is 12.1 Å². The minimum Gasteiger partial charge on any atom is -0.494 e. The van der Waals surface area contributed by atoms with Crippen molar-refractivity contribution in [1.82, 2.24) is 5.32 Å². The number of hydrogen-bond donors (Lipinski definition) is 1. The van der Waals surface area contributed by atoms with E-state index in [4.69, 9.17) is 4.74 Å². The van der Waals surface area contributed by atoms with Gasteiger partial charge in [0.15, 0.2) is 11.6 Å². The van der Waals surface area contributed by atoms with Crippen molar-refractivity contribution in [2.24, 2.45) is 5.92 Å². The molecule has 0 bridgehead atoms. The van der Waals surface area contributed by atoms with Crippen molar-refractivity contribution >= 4 is 5.69 Å². The number of benzene rings is 1. The third kappa shape index (κ3) is 2.54. The maximum Gasteiger partial charge on any atom is 0.167 e. The lowest BCUT2D eigenvalue weighted by atomic mass is 10.1. The Morgan fingerprint density at radius 1 is 1.37 bits per heavy atom. The minimum absolute atomic E-state index is 0.284. The van der Waals surface area contributed by atoms with Crippen molar-refractivity contribution in [1.29, 1.82) is 0 Å². The molecular formula is C15H21FN2O. The van der Waals surface area contributed by atoms with Gasteiger partial charge in [-0.05, 0) is 37.8 Å². The van der Waals surface area contributed by atoms with Crippen molar-refractivity contribution in [3.05, 3.63) is 24.0 Å². The topological polar surface area (TPSA) is 24.5 Å². The molecule has 1 aliphatic heterocycles. The molecule has 1 aromatic carbocycles. The molecule has 19 heavy (non-hydrogen) atoms. The van der Waals surface area contributed by atoms with Crippen LogP contribution in [-0.4, -0.2) is 32.3 Å². The summed E-state index contributed by atoms with van der Waals surface area (Å²) < 4.78 is 18.8. The van der Waals surface area contributed by atoms with E-state index >= 15 is 0 Å². The van der Waals surface area contributed by atoms with Crippen molar-refractivity contribution in [2.45, 2.75) is 31.8 Å². The van der Waals surface area contributed by atoms with Crippen LogP contribution >= 0.6 is 0 Å². The number of nitrogens with zero attached hydrogens (tertiary/aromatic N) is 1. The van der Waals surface area contributed by atoms with E-state index in [-0.39, 0.29) is 5.82 Å². The van der Waals surface area contributed by atoms with Gasteiger partial charge in [0, 0.05) is 36.9 Å². The summed E-state index contributed by atoms with van der Waals surface area (Å²) in [5, 5.41) is 3.61. The number of nitrogens with one attached hydrogen (secondary N) is 1. The summed E-state index contributed by atoms with van der Waals surface area (Å²) in [4.78, 5) is 2.31. The van der Waals surface area contributed by atoms with Crippen LogP contribution in [0.3, 0.4) is 0 Å². The Balaban J connectivity index is 1.80. The first kappa shape index (κ1) is 12.7. The molecule has 0 spiro atoms. The number of anilines is 1. The summed E-state index contributed by atoms with van der Waals surface area (Å²) in [5.41, 5.74) is 0.956. The average molecular weight is 264 g/mol. The van der Waals surface area contributed by atoms with Gasteiger partial charge in [-0.15, -0.1) is 0 Å². The summed E-state index contributed by atoms with van der Waals surface area (Å²) in [5.74, 6) is 0.845. The number of ether oxygens (including phenoxy) is 1. The Morgan fingerprint density at radius 3 is 2.79 bits per heavy atom. The summed E-state index contributed by atoms with van der Waals surface area (Å²) in [6.45, 7) is 4.12. The van der Waals surface area contributed by atoms with E-state index < -0.39 is 0 Å². The van der Waals surface area contributed by atoms with E-state index in [1.807, 2.05) is 6.07 Å². The Bertz CT molecular complexity index is 461. The SMILES string of the molecule is COc1ccc(N2CC(C3CC3)NCC2C)cc1F. The van der Waals surface area contributed by atoms with Gasteiger partial charge in [0.1, 0.15) is 0 Å². The highest BCUT2D eigenvalue weighted by molar-refractivity contribution is 5.51. The predicted octanol–water partition coefficient (Wildman–Crippen LogP) is 2.41. The fraction of sp³-hybridized carbons (Fsp3) is 0.600. The van der Waals surface area contributed by atoms with Gasteiger partial charge in [0.05, 0.1) is 7.11 Å². The Hall–Kier alpha value is -1.29. The number of hydrogen-bond acceptors (Lipinski definition) is 3. The summed E-state index contributed by atoms with van der Waals surface area (Å²) >= 11 is 0. The second kappa shape index (κ2) is 5.00. The first-order valence-corrected chi connectivity index (χ1v) is 7.02. The lowest BCUT2D eigenvalue weighted by Crippen LogP contribution is -2.56. The quantitative estimate of drug-likeness (QED) is 0.907. The zero-order valence-corrected chi connectivity index (χ0v) is 11.5. The molecule has 4 heteroatoms. The zero-order chi connectivity index (χ0) is 13.4. The van der Waals surface area contributed by atoms with Crippen LogP contribution in [0.1, 0.15) is 19.8 Å². The molecule has 2 fully saturated rings. The molecule has 1 saturated carbocycles. The van der Waals surface area contributed by atoms with Crippen LogP contribution in [0, 0.1) is 11.7 Å². The zero-order valence-electron chi connectivity index (χ0n) is 11.5. The van der Waals surface area contributed by atoms with E-state index in [2.05, 4.69) is 17.1 Å². The standard InChI is InChI=1S/C15H21FN2O/c1-10-8-17-14(11-3-4-11)9-18(10)12-5-6-15(19-2)13(16)7-12/h5-7,10-11,14,17H,3-4,8-9H2,1-2H3. The first-order valence-electron chi connectivity index (χ1n) is 7.02. The van der Waals surface area contributed by atoms with Gasteiger partial charge >= 0.3 is 0 Å². The van der Waals surface area contributed by atoms with E-state index in [0.717, 1.165) is 24.7 Å². The third-order valence-corrected chi connectivity index (χ3v) is 4.26. The van der Waals surface area contributed by atoms with Crippen LogP contribution < -0.4 is 15.0 Å². The highest BCUT2D eigenvalue weighted by Crippen LogP contribution is 2.35. The van der Waals surface area contributed by atoms with Crippen LogP contribution in [0.5, 0.6) is 5.75 Å². The molecular weight excluding hydrogens is 243 g/mol. The lowest BCUT2D eigenvalue weighted by Gasteiger charge is -2.40. The van der Waals surface area contributed by atoms with Gasteiger partial charge in [-0.25, -0.2) is 4.39 Å². The molecule has 1 aromatic rings. The maximum absolute atomic E-state index is 13.8. The molecule has 2 unspecified atom stereocenters. The Kier molecular flexibility index (Phi) is 3.35. The molecule has 1 N–H and O–H groups in total. The van der Waals surface area contributed by atoms with Crippen LogP contribution in [-0.2, 0) is 0 Å². The van der Waals surface area contributed by atoms with Gasteiger partial charge in [-0.1, -0.05) is 0 Å². The van der Waals surface area contributed by atoms with Gasteiger partial charge in [0.25, 0.3) is 0 Å². The van der Waals surface area contributed by atoms with Crippen molar-refractivity contribution < 1.29 is 9.13 Å². The Morgan fingerprint density at radius 2 is 2.16 bits per heavy atom. The number of rotatable bonds is 3. The summed E-state index contributed by atoms with van der Waals surface area (Å²) in [6, 6.07) is 6.20. The number of methoxy groups -OCH3 is 1. The molecule has 3 nitrogen and oxygen atoms in total. The summed E-state index contributed by atoms with van der Waals surface area (Å²) in [6.07, 6.45) is 2.66. The molecule has 0 radical (unpaired) electrons. The highest BCUT2D eigenvalue weighted by Gasteiger charge is 2.36. The molecule has 2 aliphatic rings. The molecule has 1 aliphatic carbocycles. The minimum atomic E-state index is -0.284. The molecule has 1 saturated heterocycles. The normalized spacial score (nSPS) is 27.4. The van der Waals surface area contributed by atoms with Crippen molar-refractivity contribution in [3.63, 3.8) is 0 Å². The molecule has 3 rings (SSSR count). The number of halogens is 1. The van der Waals surface area contributed by atoms with Crippen LogP contribution in [0.4, 0.5) is 10.1 Å². The lowest BCUT2D eigenvalue weighted by molar-refractivity contribution is 0.373. The second-order valence-corrected chi connectivity index (χ2v) is 5.67. The monoisotopic (exact) mass is 264 g/mol. The fourth-order valence-electron chi connectivity index (χ4n) is 2.90. The van der Waals surface area contributed by atoms with Crippen molar-refractivity contribution in [3.8, 4) is 5.75 Å². The summed E-state index contributed by atoms with van der Waals surface area (Å²) in [7, 11) is 1.49. The average Bonchev–Trinajstić information content (AvgIpc) is 3.23. The van der Waals surface area contributed by atoms with Gasteiger partial charge < -0.3 is 15.0 Å². The van der Waals surface area contributed by atoms with E-state index in [1.165, 1.54) is 20.0 Å². The third-order valence-electron chi connectivity index (χ3n) is 4.26. The fourth-order valence-corrected chi connectivity index (χ4v) is 2.90. The Labute approximate surface area is 113 Å². The largest absolute Gasteiger partial charge is 0.494 e. The molecule has 1 heterocycles. The van der Waals surface area contributed by atoms with E-state index in [0.29, 0.717) is 17.8 Å². The second-order valence-electron chi connectivity index (χ2n) is 5.67.